The van der Waals surface area contributed by atoms with Crippen molar-refractivity contribution in [3.05, 3.63) is 41.9 Å². The molecule has 31 heavy (non-hydrogen) atoms. The van der Waals surface area contributed by atoms with Crippen LogP contribution in [0.15, 0.2) is 30.7 Å². The molecule has 0 unspecified atom stereocenters. The normalized spacial score (nSPS) is 24.8. The molecular weight excluding hydrogens is 407 g/mol. The Morgan fingerprint density at radius 1 is 1.23 bits per heavy atom. The molecule has 1 aliphatic carbocycles. The number of amides is 1. The van der Waals surface area contributed by atoms with Crippen molar-refractivity contribution < 1.29 is 18.0 Å². The molecule has 0 saturated carbocycles. The Balaban J connectivity index is 1.63. The van der Waals surface area contributed by atoms with Crippen LogP contribution in [0.1, 0.15) is 38.3 Å². The Morgan fingerprint density at radius 3 is 2.68 bits per heavy atom. The number of alkyl halides is 3. The molecule has 2 aliphatic rings. The average Bonchev–Trinajstić information content (AvgIpc) is 3.12. The highest BCUT2D eigenvalue weighted by Crippen LogP contribution is 2.56. The highest BCUT2D eigenvalue weighted by molar-refractivity contribution is 5.84. The zero-order valence-corrected chi connectivity index (χ0v) is 17.4. The van der Waals surface area contributed by atoms with Crippen LogP contribution in [0.5, 0.6) is 0 Å². The summed E-state index contributed by atoms with van der Waals surface area (Å²) >= 11 is 0. The average molecular weight is 429 g/mol. The third kappa shape index (κ3) is 2.78. The minimum Gasteiger partial charge on any atom is -0.337 e. The van der Waals surface area contributed by atoms with Gasteiger partial charge in [-0.3, -0.25) is 9.78 Å². The highest BCUT2D eigenvalue weighted by atomic mass is 19.4. The third-order valence-corrected chi connectivity index (χ3v) is 7.51. The van der Waals surface area contributed by atoms with Gasteiger partial charge in [-0.15, -0.1) is 0 Å². The maximum Gasteiger partial charge on any atom is 0.471 e. The van der Waals surface area contributed by atoms with Crippen LogP contribution in [0.3, 0.4) is 0 Å². The first-order valence-corrected chi connectivity index (χ1v) is 10.2. The Labute approximate surface area is 176 Å². The van der Waals surface area contributed by atoms with Crippen molar-refractivity contribution >= 4 is 16.9 Å². The van der Waals surface area contributed by atoms with Crippen molar-refractivity contribution in [2.24, 2.45) is 5.41 Å². The number of carbonyl (C=O) groups excluding carboxylic acids is 1. The van der Waals surface area contributed by atoms with Gasteiger partial charge in [0.25, 0.3) is 0 Å². The smallest absolute Gasteiger partial charge is 0.337 e. The van der Waals surface area contributed by atoms with Crippen LogP contribution >= 0.6 is 0 Å². The van der Waals surface area contributed by atoms with Crippen molar-refractivity contribution in [1.82, 2.24) is 24.8 Å². The van der Waals surface area contributed by atoms with E-state index in [0.717, 1.165) is 27.1 Å². The van der Waals surface area contributed by atoms with E-state index in [1.807, 2.05) is 26.0 Å². The van der Waals surface area contributed by atoms with Gasteiger partial charge in [-0.1, -0.05) is 20.8 Å². The fourth-order valence-electron chi connectivity index (χ4n) is 5.37. The van der Waals surface area contributed by atoms with E-state index in [1.54, 1.807) is 18.6 Å². The predicted octanol–water partition coefficient (Wildman–Crippen LogP) is 4.02. The minimum absolute atomic E-state index is 0.0891. The SMILES string of the molecule is CC1(C)[C@@H]2Cc3cc4[nH]c(-c5cnccn5)nc4cc3[C@]1(C)CCN2C(=O)C(F)(F)F. The summed E-state index contributed by atoms with van der Waals surface area (Å²) in [6.45, 7) is 6.12. The molecule has 0 radical (unpaired) electrons. The van der Waals surface area contributed by atoms with Crippen LogP contribution in [0, 0.1) is 5.41 Å². The van der Waals surface area contributed by atoms with E-state index in [-0.39, 0.29) is 12.0 Å². The summed E-state index contributed by atoms with van der Waals surface area (Å²) < 4.78 is 39.8. The van der Waals surface area contributed by atoms with E-state index < -0.39 is 23.5 Å². The fraction of sp³-hybridized carbons (Fsp3) is 0.455. The summed E-state index contributed by atoms with van der Waals surface area (Å²) in [5, 5.41) is 0. The van der Waals surface area contributed by atoms with Gasteiger partial charge in [-0.05, 0) is 41.5 Å². The summed E-state index contributed by atoms with van der Waals surface area (Å²) in [7, 11) is 0. The molecule has 2 bridgehead atoms. The second-order valence-electron chi connectivity index (χ2n) is 9.22. The molecule has 1 saturated heterocycles. The minimum atomic E-state index is -4.87. The van der Waals surface area contributed by atoms with Gasteiger partial charge in [0.05, 0.1) is 17.2 Å². The van der Waals surface area contributed by atoms with E-state index >= 15 is 0 Å². The van der Waals surface area contributed by atoms with Crippen molar-refractivity contribution in [1.29, 1.82) is 0 Å². The summed E-state index contributed by atoms with van der Waals surface area (Å²) in [6, 6.07) is 3.47. The summed E-state index contributed by atoms with van der Waals surface area (Å²) in [4.78, 5) is 29.5. The maximum atomic E-state index is 13.3. The zero-order valence-electron chi connectivity index (χ0n) is 17.4. The molecule has 3 aromatic rings. The number of imidazole rings is 1. The Bertz CT molecular complexity index is 1190. The van der Waals surface area contributed by atoms with E-state index in [1.165, 1.54) is 0 Å². The number of carbonyl (C=O) groups is 1. The standard InChI is InChI=1S/C22H22F3N5O/c1-20(2)17-9-12-8-14-15(29-18(28-14)16-11-26-5-6-27-16)10-13(12)21(20,3)4-7-30(17)19(31)22(23,24)25/h5-6,8,10-11,17H,4,7,9H2,1-3H3,(H,28,29)/t17-,21-/m0/s1. The maximum absolute atomic E-state index is 13.3. The summed E-state index contributed by atoms with van der Waals surface area (Å²) in [6.07, 6.45) is 0.751. The Hall–Kier alpha value is -2.97. The number of hydrogen-bond donors (Lipinski definition) is 1. The molecule has 1 fully saturated rings. The number of aromatic nitrogens is 4. The second-order valence-corrected chi connectivity index (χ2v) is 9.22. The van der Waals surface area contributed by atoms with Crippen molar-refractivity contribution in [2.45, 2.75) is 51.2 Å². The number of aromatic amines is 1. The molecular formula is C22H22F3N5O. The van der Waals surface area contributed by atoms with Gasteiger partial charge in [-0.2, -0.15) is 13.2 Å². The molecule has 2 atom stereocenters. The highest BCUT2D eigenvalue weighted by Gasteiger charge is 2.59. The molecule has 162 valence electrons. The van der Waals surface area contributed by atoms with E-state index in [9.17, 15) is 18.0 Å². The van der Waals surface area contributed by atoms with Gasteiger partial charge in [0.15, 0.2) is 5.82 Å². The number of nitrogens with one attached hydrogen (secondary N) is 1. The molecule has 2 aromatic heterocycles. The largest absolute Gasteiger partial charge is 0.471 e. The monoisotopic (exact) mass is 429 g/mol. The molecule has 1 aromatic carbocycles. The van der Waals surface area contributed by atoms with Crippen LogP contribution in [-0.2, 0) is 16.6 Å². The number of likely N-dealkylation sites (tertiary alicyclic amines) is 1. The molecule has 1 amide bonds. The molecule has 6 nitrogen and oxygen atoms in total. The number of piperidine rings is 1. The molecule has 0 spiro atoms. The number of H-pyrrole nitrogens is 1. The Kier molecular flexibility index (Phi) is 4.04. The summed E-state index contributed by atoms with van der Waals surface area (Å²) in [5.41, 5.74) is 3.32. The van der Waals surface area contributed by atoms with Crippen LogP contribution in [-0.4, -0.2) is 49.5 Å². The number of rotatable bonds is 1. The quantitative estimate of drug-likeness (QED) is 0.634. The molecule has 5 rings (SSSR count). The molecule has 1 aliphatic heterocycles. The van der Waals surface area contributed by atoms with E-state index in [0.29, 0.717) is 24.4 Å². The lowest BCUT2D eigenvalue weighted by molar-refractivity contribution is -0.195. The van der Waals surface area contributed by atoms with Gasteiger partial charge >= 0.3 is 12.1 Å². The lowest BCUT2D eigenvalue weighted by Crippen LogP contribution is -2.66. The van der Waals surface area contributed by atoms with Gasteiger partial charge < -0.3 is 9.88 Å². The molecule has 3 heterocycles. The van der Waals surface area contributed by atoms with Crippen LogP contribution in [0.25, 0.3) is 22.6 Å². The number of fused-ring (bicyclic) bond motifs is 5. The zero-order chi connectivity index (χ0) is 22.2. The van der Waals surface area contributed by atoms with Crippen molar-refractivity contribution in [3.8, 4) is 11.5 Å². The lowest BCUT2D eigenvalue weighted by Gasteiger charge is -2.60. The number of nitrogens with zero attached hydrogens (tertiary/aromatic N) is 4. The van der Waals surface area contributed by atoms with Crippen molar-refractivity contribution in [2.75, 3.05) is 6.54 Å². The first-order valence-electron chi connectivity index (χ1n) is 10.2. The van der Waals surface area contributed by atoms with Crippen LogP contribution in [0.2, 0.25) is 0 Å². The number of benzene rings is 1. The topological polar surface area (TPSA) is 74.8 Å². The van der Waals surface area contributed by atoms with Crippen molar-refractivity contribution in [3.63, 3.8) is 0 Å². The van der Waals surface area contributed by atoms with E-state index in [4.69, 9.17) is 0 Å². The summed E-state index contributed by atoms with van der Waals surface area (Å²) in [5.74, 6) is -1.16. The van der Waals surface area contributed by atoms with Gasteiger partial charge in [0.1, 0.15) is 5.69 Å². The van der Waals surface area contributed by atoms with E-state index in [2.05, 4.69) is 26.9 Å². The predicted molar refractivity (Wildman–Crippen MR) is 108 cm³/mol. The van der Waals surface area contributed by atoms with Gasteiger partial charge in [0, 0.05) is 30.4 Å². The lowest BCUT2D eigenvalue weighted by atomic mass is 9.51. The fourth-order valence-corrected chi connectivity index (χ4v) is 5.37. The Morgan fingerprint density at radius 2 is 2.00 bits per heavy atom. The molecule has 1 N–H and O–H groups in total. The van der Waals surface area contributed by atoms with Crippen LogP contribution < -0.4 is 0 Å². The van der Waals surface area contributed by atoms with Gasteiger partial charge in [-0.25, -0.2) is 9.97 Å². The van der Waals surface area contributed by atoms with Crippen LogP contribution in [0.4, 0.5) is 13.2 Å². The first kappa shape index (κ1) is 20.0. The van der Waals surface area contributed by atoms with Gasteiger partial charge in [0.2, 0.25) is 0 Å². The first-order chi connectivity index (χ1) is 14.5. The molecule has 9 heteroatoms. The second kappa shape index (κ2) is 6.27. The number of hydrogen-bond acceptors (Lipinski definition) is 4. The third-order valence-electron chi connectivity index (χ3n) is 7.51. The number of halogens is 3.